The van der Waals surface area contributed by atoms with Gasteiger partial charge in [0.2, 0.25) is 0 Å². The van der Waals surface area contributed by atoms with Crippen molar-refractivity contribution in [2.24, 2.45) is 0 Å². The van der Waals surface area contributed by atoms with Crippen molar-refractivity contribution in [3.05, 3.63) is 56.3 Å². The zero-order chi connectivity index (χ0) is 19.4. The monoisotopic (exact) mass is 387 g/mol. The van der Waals surface area contributed by atoms with Gasteiger partial charge in [0, 0.05) is 29.8 Å². The summed E-state index contributed by atoms with van der Waals surface area (Å²) in [6.45, 7) is 2.07. The fraction of sp³-hybridized carbons (Fsp3) is 0.368. The number of nitrogens with zero attached hydrogens (tertiary/aromatic N) is 1. The lowest BCUT2D eigenvalue weighted by molar-refractivity contribution is -0.384. The maximum atomic E-state index is 12.3. The van der Waals surface area contributed by atoms with Crippen LogP contribution >= 0.6 is 11.3 Å². The van der Waals surface area contributed by atoms with E-state index >= 15 is 0 Å². The SMILES string of the molecule is Cc1cc([N+](=O)[O-])ccc1NC(=O)C(=O)NCC1(c2ccsc2)CCCC1. The van der Waals surface area contributed by atoms with Gasteiger partial charge in [0.25, 0.3) is 5.69 Å². The molecule has 1 heterocycles. The van der Waals surface area contributed by atoms with Crippen molar-refractivity contribution in [1.82, 2.24) is 5.32 Å². The number of nitrogens with one attached hydrogen (secondary N) is 2. The Kier molecular flexibility index (Phi) is 5.55. The lowest BCUT2D eigenvalue weighted by Gasteiger charge is -2.28. The van der Waals surface area contributed by atoms with Crippen LogP contribution in [0.5, 0.6) is 0 Å². The number of hydrogen-bond acceptors (Lipinski definition) is 5. The molecule has 8 heteroatoms. The molecule has 1 fully saturated rings. The van der Waals surface area contributed by atoms with Gasteiger partial charge in [0.05, 0.1) is 4.92 Å². The summed E-state index contributed by atoms with van der Waals surface area (Å²) >= 11 is 1.63. The van der Waals surface area contributed by atoms with Crippen LogP contribution in [0.25, 0.3) is 0 Å². The van der Waals surface area contributed by atoms with Crippen molar-refractivity contribution in [2.45, 2.75) is 38.0 Å². The third-order valence-electron chi connectivity index (χ3n) is 5.16. The zero-order valence-corrected chi connectivity index (χ0v) is 15.8. The van der Waals surface area contributed by atoms with Crippen LogP contribution in [0.15, 0.2) is 35.0 Å². The first-order chi connectivity index (χ1) is 12.9. The number of nitro groups is 1. The molecule has 0 spiro atoms. The molecule has 7 nitrogen and oxygen atoms in total. The van der Waals surface area contributed by atoms with Crippen LogP contribution < -0.4 is 10.6 Å². The third kappa shape index (κ3) is 4.16. The highest BCUT2D eigenvalue weighted by molar-refractivity contribution is 7.08. The fourth-order valence-electron chi connectivity index (χ4n) is 3.60. The Labute approximate surface area is 160 Å². The van der Waals surface area contributed by atoms with Crippen LogP contribution in [0.1, 0.15) is 36.8 Å². The van der Waals surface area contributed by atoms with E-state index < -0.39 is 16.7 Å². The minimum Gasteiger partial charge on any atom is -0.347 e. The fourth-order valence-corrected chi connectivity index (χ4v) is 4.37. The standard InChI is InChI=1S/C19H21N3O4S/c1-13-10-15(22(25)26)4-5-16(13)21-18(24)17(23)20-12-19(7-2-3-8-19)14-6-9-27-11-14/h4-6,9-11H,2-3,7-8,12H2,1H3,(H,20,23)(H,21,24). The highest BCUT2D eigenvalue weighted by atomic mass is 32.1. The quantitative estimate of drug-likeness (QED) is 0.465. The van der Waals surface area contributed by atoms with Gasteiger partial charge in [-0.05, 0) is 53.8 Å². The molecule has 1 aliphatic carbocycles. The molecular formula is C19H21N3O4S. The van der Waals surface area contributed by atoms with E-state index in [0.717, 1.165) is 25.7 Å². The smallest absolute Gasteiger partial charge is 0.313 e. The molecule has 1 aromatic carbocycles. The maximum Gasteiger partial charge on any atom is 0.313 e. The molecule has 0 bridgehead atoms. The molecule has 0 atom stereocenters. The Bertz CT molecular complexity index is 858. The van der Waals surface area contributed by atoms with Crippen LogP contribution in [0, 0.1) is 17.0 Å². The van der Waals surface area contributed by atoms with Gasteiger partial charge in [-0.2, -0.15) is 11.3 Å². The number of nitro benzene ring substituents is 1. The summed E-state index contributed by atoms with van der Waals surface area (Å²) in [5.41, 5.74) is 1.97. The molecule has 2 N–H and O–H groups in total. The molecule has 1 aliphatic rings. The van der Waals surface area contributed by atoms with Crippen LogP contribution in [-0.4, -0.2) is 23.3 Å². The van der Waals surface area contributed by atoms with E-state index in [0.29, 0.717) is 17.8 Å². The molecule has 0 saturated heterocycles. The number of rotatable bonds is 5. The van der Waals surface area contributed by atoms with E-state index in [9.17, 15) is 19.7 Å². The number of benzene rings is 1. The highest BCUT2D eigenvalue weighted by Crippen LogP contribution is 2.41. The van der Waals surface area contributed by atoms with E-state index in [1.54, 1.807) is 18.3 Å². The number of aryl methyl sites for hydroxylation is 1. The van der Waals surface area contributed by atoms with Gasteiger partial charge in [-0.1, -0.05) is 12.8 Å². The summed E-state index contributed by atoms with van der Waals surface area (Å²) in [5.74, 6) is -1.47. The summed E-state index contributed by atoms with van der Waals surface area (Å²) in [7, 11) is 0. The molecular weight excluding hydrogens is 366 g/mol. The van der Waals surface area contributed by atoms with Crippen molar-refractivity contribution in [1.29, 1.82) is 0 Å². The molecule has 142 valence electrons. The van der Waals surface area contributed by atoms with Crippen LogP contribution in [0.3, 0.4) is 0 Å². The highest BCUT2D eigenvalue weighted by Gasteiger charge is 2.36. The van der Waals surface area contributed by atoms with Gasteiger partial charge < -0.3 is 10.6 Å². The lowest BCUT2D eigenvalue weighted by Crippen LogP contribution is -2.43. The Morgan fingerprint density at radius 2 is 1.96 bits per heavy atom. The first-order valence-electron chi connectivity index (χ1n) is 8.78. The Hall–Kier alpha value is -2.74. The van der Waals surface area contributed by atoms with Crippen molar-refractivity contribution < 1.29 is 14.5 Å². The second-order valence-electron chi connectivity index (χ2n) is 6.89. The molecule has 0 unspecified atom stereocenters. The second-order valence-corrected chi connectivity index (χ2v) is 7.67. The molecule has 1 saturated carbocycles. The Balaban J connectivity index is 1.63. The molecule has 0 radical (unpaired) electrons. The zero-order valence-electron chi connectivity index (χ0n) is 15.0. The van der Waals surface area contributed by atoms with Crippen LogP contribution in [0.4, 0.5) is 11.4 Å². The maximum absolute atomic E-state index is 12.3. The molecule has 1 aromatic heterocycles. The average molecular weight is 387 g/mol. The van der Waals surface area contributed by atoms with Gasteiger partial charge in [-0.3, -0.25) is 19.7 Å². The van der Waals surface area contributed by atoms with Crippen LogP contribution in [0.2, 0.25) is 0 Å². The normalized spacial score (nSPS) is 15.3. The third-order valence-corrected chi connectivity index (χ3v) is 5.84. The molecule has 27 heavy (non-hydrogen) atoms. The second kappa shape index (κ2) is 7.87. The molecule has 2 aromatic rings. The van der Waals surface area contributed by atoms with E-state index in [1.807, 2.05) is 5.38 Å². The van der Waals surface area contributed by atoms with Crippen molar-refractivity contribution in [3.8, 4) is 0 Å². The van der Waals surface area contributed by atoms with Gasteiger partial charge in [-0.15, -0.1) is 0 Å². The molecule has 0 aliphatic heterocycles. The Morgan fingerprint density at radius 3 is 2.56 bits per heavy atom. The summed E-state index contributed by atoms with van der Waals surface area (Å²) in [6.07, 6.45) is 4.21. The van der Waals surface area contributed by atoms with E-state index in [1.165, 1.54) is 23.8 Å². The first-order valence-corrected chi connectivity index (χ1v) is 9.72. The number of carbonyl (C=O) groups excluding carboxylic acids is 2. The van der Waals surface area contributed by atoms with Crippen molar-refractivity contribution in [3.63, 3.8) is 0 Å². The summed E-state index contributed by atoms with van der Waals surface area (Å²) in [6, 6.07) is 6.17. The number of thiophene rings is 1. The predicted molar refractivity (Wildman–Crippen MR) is 104 cm³/mol. The Morgan fingerprint density at radius 1 is 1.22 bits per heavy atom. The molecule has 2 amide bonds. The minimum absolute atomic E-state index is 0.0612. The average Bonchev–Trinajstić information content (AvgIpc) is 3.33. The van der Waals surface area contributed by atoms with Crippen molar-refractivity contribution >= 4 is 34.5 Å². The van der Waals surface area contributed by atoms with Gasteiger partial charge in [-0.25, -0.2) is 0 Å². The van der Waals surface area contributed by atoms with Crippen LogP contribution in [-0.2, 0) is 15.0 Å². The summed E-state index contributed by atoms with van der Waals surface area (Å²) in [5, 5.41) is 20.2. The summed E-state index contributed by atoms with van der Waals surface area (Å²) in [4.78, 5) is 34.8. The predicted octanol–water partition coefficient (Wildman–Crippen LogP) is 3.53. The largest absolute Gasteiger partial charge is 0.347 e. The molecule has 3 rings (SSSR count). The van der Waals surface area contributed by atoms with E-state index in [-0.39, 0.29) is 11.1 Å². The van der Waals surface area contributed by atoms with Gasteiger partial charge in [0.15, 0.2) is 0 Å². The van der Waals surface area contributed by atoms with E-state index in [4.69, 9.17) is 0 Å². The first kappa shape index (κ1) is 19.0. The number of amides is 2. The van der Waals surface area contributed by atoms with Crippen molar-refractivity contribution in [2.75, 3.05) is 11.9 Å². The lowest BCUT2D eigenvalue weighted by atomic mass is 9.80. The minimum atomic E-state index is -0.773. The topological polar surface area (TPSA) is 101 Å². The van der Waals surface area contributed by atoms with Gasteiger partial charge >= 0.3 is 11.8 Å². The number of hydrogen-bond donors (Lipinski definition) is 2. The number of non-ortho nitro benzene ring substituents is 1. The summed E-state index contributed by atoms with van der Waals surface area (Å²) < 4.78 is 0. The van der Waals surface area contributed by atoms with E-state index in [2.05, 4.69) is 22.1 Å². The number of anilines is 1. The van der Waals surface area contributed by atoms with Gasteiger partial charge in [0.1, 0.15) is 0 Å². The number of carbonyl (C=O) groups is 2.